The molecule has 1 fully saturated rings. The molecule has 0 heterocycles. The van der Waals surface area contributed by atoms with Gasteiger partial charge < -0.3 is 10.1 Å². The van der Waals surface area contributed by atoms with Crippen molar-refractivity contribution >= 4 is 22.6 Å². The third kappa shape index (κ3) is 4.72. The fourth-order valence-electron chi connectivity index (χ4n) is 2.85. The average molecular weight is 373 g/mol. The van der Waals surface area contributed by atoms with Crippen LogP contribution in [0.1, 0.15) is 31.7 Å². The number of hydrogen-bond donors (Lipinski definition) is 1. The van der Waals surface area contributed by atoms with Crippen molar-refractivity contribution in [3.63, 3.8) is 0 Å². The van der Waals surface area contributed by atoms with Crippen LogP contribution in [-0.2, 0) is 11.2 Å². The SMILES string of the molecule is CCOC1CC(CC(Cc2ccc(I)cc2)NC)C1. The van der Waals surface area contributed by atoms with Gasteiger partial charge in [-0.2, -0.15) is 0 Å². The van der Waals surface area contributed by atoms with Crippen LogP contribution in [0.4, 0.5) is 0 Å². The van der Waals surface area contributed by atoms with Gasteiger partial charge in [-0.05, 0) is 85.9 Å². The maximum atomic E-state index is 5.63. The van der Waals surface area contributed by atoms with E-state index in [2.05, 4.69) is 66.1 Å². The molecular weight excluding hydrogens is 349 g/mol. The molecule has 0 radical (unpaired) electrons. The molecule has 1 unspecified atom stereocenters. The molecule has 1 atom stereocenters. The first-order valence-corrected chi connectivity index (χ1v) is 8.32. The van der Waals surface area contributed by atoms with Gasteiger partial charge in [-0.3, -0.25) is 0 Å². The number of hydrogen-bond acceptors (Lipinski definition) is 2. The minimum atomic E-state index is 0.533. The number of likely N-dealkylation sites (N-methyl/N-ethyl adjacent to an activating group) is 1. The molecule has 1 aliphatic rings. The van der Waals surface area contributed by atoms with Gasteiger partial charge >= 0.3 is 0 Å². The maximum absolute atomic E-state index is 5.63. The summed E-state index contributed by atoms with van der Waals surface area (Å²) in [5.41, 5.74) is 1.43. The number of benzene rings is 1. The van der Waals surface area contributed by atoms with Crippen LogP contribution >= 0.6 is 22.6 Å². The monoisotopic (exact) mass is 373 g/mol. The van der Waals surface area contributed by atoms with Gasteiger partial charge in [0.2, 0.25) is 0 Å². The van der Waals surface area contributed by atoms with Crippen LogP contribution in [0.3, 0.4) is 0 Å². The molecule has 2 rings (SSSR count). The van der Waals surface area contributed by atoms with Gasteiger partial charge in [0, 0.05) is 16.2 Å². The number of halogens is 1. The smallest absolute Gasteiger partial charge is 0.0580 e. The fraction of sp³-hybridized carbons (Fsp3) is 0.625. The Hall–Kier alpha value is -0.130. The highest BCUT2D eigenvalue weighted by atomic mass is 127. The summed E-state index contributed by atoms with van der Waals surface area (Å²) in [6.45, 7) is 2.94. The first-order chi connectivity index (χ1) is 9.21. The molecule has 0 aliphatic heterocycles. The van der Waals surface area contributed by atoms with Crippen LogP contribution in [0.15, 0.2) is 24.3 Å². The zero-order chi connectivity index (χ0) is 13.7. The minimum absolute atomic E-state index is 0.533. The molecule has 0 spiro atoms. The molecule has 0 bridgehead atoms. The van der Waals surface area contributed by atoms with Crippen molar-refractivity contribution in [1.29, 1.82) is 0 Å². The van der Waals surface area contributed by atoms with Gasteiger partial charge in [0.05, 0.1) is 6.10 Å². The van der Waals surface area contributed by atoms with Crippen molar-refractivity contribution in [2.24, 2.45) is 5.92 Å². The van der Waals surface area contributed by atoms with Gasteiger partial charge in [-0.1, -0.05) is 12.1 Å². The van der Waals surface area contributed by atoms with Crippen LogP contribution in [-0.4, -0.2) is 25.8 Å². The molecule has 2 nitrogen and oxygen atoms in total. The average Bonchev–Trinajstić information content (AvgIpc) is 2.37. The summed E-state index contributed by atoms with van der Waals surface area (Å²) in [7, 11) is 2.08. The van der Waals surface area contributed by atoms with Crippen molar-refractivity contribution in [2.45, 2.75) is 44.8 Å². The lowest BCUT2D eigenvalue weighted by molar-refractivity contribution is -0.0288. The Kier molecular flexibility index (Phi) is 6.10. The molecule has 0 amide bonds. The molecular formula is C16H24INO. The topological polar surface area (TPSA) is 21.3 Å². The Labute approximate surface area is 130 Å². The standard InChI is InChI=1S/C16H24INO/c1-3-19-16-10-13(11-16)9-15(18-2)8-12-4-6-14(17)7-5-12/h4-7,13,15-16,18H,3,8-11H2,1-2H3. The summed E-state index contributed by atoms with van der Waals surface area (Å²) in [5.74, 6) is 0.845. The van der Waals surface area contributed by atoms with Gasteiger partial charge in [-0.15, -0.1) is 0 Å². The van der Waals surface area contributed by atoms with Crippen LogP contribution in [0.25, 0.3) is 0 Å². The Bertz CT molecular complexity index is 373. The highest BCUT2D eigenvalue weighted by Crippen LogP contribution is 2.34. The van der Waals surface area contributed by atoms with E-state index in [1.54, 1.807) is 0 Å². The second-order valence-electron chi connectivity index (χ2n) is 5.47. The zero-order valence-electron chi connectivity index (χ0n) is 11.9. The number of nitrogens with one attached hydrogen (secondary N) is 1. The van der Waals surface area contributed by atoms with Gasteiger partial charge in [0.1, 0.15) is 0 Å². The quantitative estimate of drug-likeness (QED) is 0.737. The third-order valence-electron chi connectivity index (χ3n) is 4.02. The van der Waals surface area contributed by atoms with E-state index in [9.17, 15) is 0 Å². The molecule has 19 heavy (non-hydrogen) atoms. The Morgan fingerprint density at radius 3 is 2.58 bits per heavy atom. The summed E-state index contributed by atoms with van der Waals surface area (Å²) in [6.07, 6.45) is 5.43. The number of ether oxygens (including phenoxy) is 1. The second-order valence-corrected chi connectivity index (χ2v) is 6.71. The van der Waals surface area contributed by atoms with E-state index >= 15 is 0 Å². The lowest BCUT2D eigenvalue weighted by atomic mass is 9.77. The summed E-state index contributed by atoms with van der Waals surface area (Å²) in [5, 5.41) is 3.47. The highest BCUT2D eigenvalue weighted by Gasteiger charge is 2.30. The van der Waals surface area contributed by atoms with Crippen molar-refractivity contribution in [2.75, 3.05) is 13.7 Å². The molecule has 1 saturated carbocycles. The van der Waals surface area contributed by atoms with E-state index in [4.69, 9.17) is 4.74 Å². The molecule has 0 aromatic heterocycles. The highest BCUT2D eigenvalue weighted by molar-refractivity contribution is 14.1. The lowest BCUT2D eigenvalue weighted by Crippen LogP contribution is -2.38. The third-order valence-corrected chi connectivity index (χ3v) is 4.74. The Morgan fingerprint density at radius 2 is 2.00 bits per heavy atom. The van der Waals surface area contributed by atoms with Crippen LogP contribution in [0, 0.1) is 9.49 Å². The van der Waals surface area contributed by atoms with Gasteiger partial charge in [0.15, 0.2) is 0 Å². The Morgan fingerprint density at radius 1 is 1.32 bits per heavy atom. The summed E-state index contributed by atoms with van der Waals surface area (Å²) in [6, 6.07) is 9.47. The molecule has 1 aromatic carbocycles. The summed E-state index contributed by atoms with van der Waals surface area (Å²) < 4.78 is 6.94. The summed E-state index contributed by atoms with van der Waals surface area (Å²) in [4.78, 5) is 0. The lowest BCUT2D eigenvalue weighted by Gasteiger charge is -2.37. The molecule has 1 N–H and O–H groups in total. The van der Waals surface area contributed by atoms with Crippen LogP contribution < -0.4 is 5.32 Å². The molecule has 3 heteroatoms. The van der Waals surface area contributed by atoms with Crippen molar-refractivity contribution < 1.29 is 4.74 Å². The van der Waals surface area contributed by atoms with E-state index in [0.717, 1.165) is 18.9 Å². The predicted molar refractivity (Wildman–Crippen MR) is 88.5 cm³/mol. The number of rotatable bonds is 7. The first kappa shape index (κ1) is 15.3. The van der Waals surface area contributed by atoms with Crippen molar-refractivity contribution in [3.05, 3.63) is 33.4 Å². The van der Waals surface area contributed by atoms with E-state index in [-0.39, 0.29) is 0 Å². The fourth-order valence-corrected chi connectivity index (χ4v) is 3.21. The maximum Gasteiger partial charge on any atom is 0.0580 e. The largest absolute Gasteiger partial charge is 0.378 e. The van der Waals surface area contributed by atoms with E-state index in [1.807, 2.05) is 0 Å². The first-order valence-electron chi connectivity index (χ1n) is 7.24. The Balaban J connectivity index is 1.76. The van der Waals surface area contributed by atoms with Crippen LogP contribution in [0.5, 0.6) is 0 Å². The molecule has 0 saturated heterocycles. The van der Waals surface area contributed by atoms with Gasteiger partial charge in [0.25, 0.3) is 0 Å². The predicted octanol–water partition coefficient (Wildman–Crippen LogP) is 3.63. The van der Waals surface area contributed by atoms with E-state index in [1.165, 1.54) is 28.4 Å². The van der Waals surface area contributed by atoms with Gasteiger partial charge in [-0.25, -0.2) is 0 Å². The van der Waals surface area contributed by atoms with Crippen molar-refractivity contribution in [3.8, 4) is 0 Å². The normalized spacial score (nSPS) is 23.9. The second kappa shape index (κ2) is 7.60. The van der Waals surface area contributed by atoms with E-state index in [0.29, 0.717) is 12.1 Å². The molecule has 106 valence electrons. The van der Waals surface area contributed by atoms with Crippen molar-refractivity contribution in [1.82, 2.24) is 5.32 Å². The molecule has 1 aliphatic carbocycles. The summed E-state index contributed by atoms with van der Waals surface area (Å²) >= 11 is 2.35. The molecule has 1 aromatic rings. The zero-order valence-corrected chi connectivity index (χ0v) is 14.0. The minimum Gasteiger partial charge on any atom is -0.378 e. The van der Waals surface area contributed by atoms with E-state index < -0.39 is 0 Å². The van der Waals surface area contributed by atoms with Crippen LogP contribution in [0.2, 0.25) is 0 Å².